The first-order valence-electron chi connectivity index (χ1n) is 10.8. The summed E-state index contributed by atoms with van der Waals surface area (Å²) >= 11 is 8.66. The van der Waals surface area contributed by atoms with E-state index >= 15 is 0 Å². The van der Waals surface area contributed by atoms with Gasteiger partial charge in [0.2, 0.25) is 0 Å². The van der Waals surface area contributed by atoms with Crippen LogP contribution in [0.2, 0.25) is 0 Å². The number of carbonyl (C=O) groups excluding carboxylic acids is 1. The number of nitrogens with zero attached hydrogens (tertiary/aromatic N) is 4. The molecule has 3 heterocycles. The number of likely N-dealkylation sites (N-methyl/N-ethyl adjacent to an activating group) is 1. The molecule has 0 N–H and O–H groups in total. The quantitative estimate of drug-likeness (QED) is 0.466. The van der Waals surface area contributed by atoms with E-state index in [2.05, 4.69) is 32.3 Å². The summed E-state index contributed by atoms with van der Waals surface area (Å²) in [6, 6.07) is 9.57. The van der Waals surface area contributed by atoms with Gasteiger partial charge in [-0.2, -0.15) is 0 Å². The third-order valence-corrected chi connectivity index (χ3v) is 8.67. The van der Waals surface area contributed by atoms with Crippen molar-refractivity contribution >= 4 is 62.7 Å². The Bertz CT molecular complexity index is 1350. The van der Waals surface area contributed by atoms with Crippen LogP contribution in [0.15, 0.2) is 58.4 Å². The molecule has 9 heteroatoms. The number of thiazole rings is 1. The molecule has 0 radical (unpaired) electrons. The van der Waals surface area contributed by atoms with E-state index in [1.165, 1.54) is 16.2 Å². The molecule has 1 aromatic heterocycles. The Kier molecular flexibility index (Phi) is 6.65. The SMILES string of the molecule is C=CCn1c(=O)/c(=C2/SC(C)=C(C)N2CC)s/c1=C1/C(=O)N(CC)C(=S)N1c1ccccc1. The number of para-hydroxylation sites is 1. The van der Waals surface area contributed by atoms with Gasteiger partial charge in [-0.15, -0.1) is 17.9 Å². The second-order valence-corrected chi connectivity index (χ2v) is 10.2. The van der Waals surface area contributed by atoms with Crippen molar-refractivity contribution in [2.24, 2.45) is 0 Å². The molecule has 2 aliphatic rings. The molecule has 0 bridgehead atoms. The van der Waals surface area contributed by atoms with Crippen molar-refractivity contribution in [1.82, 2.24) is 14.4 Å². The summed E-state index contributed by atoms with van der Waals surface area (Å²) in [6.07, 6.45) is 1.68. The lowest BCUT2D eigenvalue weighted by Crippen LogP contribution is -2.36. The summed E-state index contributed by atoms with van der Waals surface area (Å²) in [5.41, 5.74) is 2.24. The maximum Gasteiger partial charge on any atom is 0.280 e. The molecule has 6 nitrogen and oxygen atoms in total. The molecule has 0 aliphatic carbocycles. The largest absolute Gasteiger partial charge is 0.338 e. The van der Waals surface area contributed by atoms with Crippen LogP contribution >= 0.6 is 35.3 Å². The molecule has 1 fully saturated rings. The third kappa shape index (κ3) is 3.78. The van der Waals surface area contributed by atoms with Crippen LogP contribution in [0.1, 0.15) is 27.7 Å². The Morgan fingerprint density at radius 3 is 2.33 bits per heavy atom. The fourth-order valence-electron chi connectivity index (χ4n) is 3.99. The van der Waals surface area contributed by atoms with Gasteiger partial charge in [-0.05, 0) is 52.0 Å². The van der Waals surface area contributed by atoms with Gasteiger partial charge in [0.1, 0.15) is 19.9 Å². The number of hydrogen-bond donors (Lipinski definition) is 0. The van der Waals surface area contributed by atoms with Crippen LogP contribution in [0, 0.1) is 0 Å². The van der Waals surface area contributed by atoms with Crippen LogP contribution in [-0.4, -0.2) is 38.5 Å². The Morgan fingerprint density at radius 1 is 1.06 bits per heavy atom. The fourth-order valence-corrected chi connectivity index (χ4v) is 6.89. The summed E-state index contributed by atoms with van der Waals surface area (Å²) in [5.74, 6) is -0.195. The van der Waals surface area contributed by atoms with Crippen LogP contribution in [0.25, 0.3) is 10.7 Å². The lowest BCUT2D eigenvalue weighted by Gasteiger charge is -2.19. The number of amides is 1. The van der Waals surface area contributed by atoms with Crippen molar-refractivity contribution in [1.29, 1.82) is 0 Å². The van der Waals surface area contributed by atoms with Gasteiger partial charge < -0.3 is 4.90 Å². The molecule has 2 aliphatic heterocycles. The normalized spacial score (nSPS) is 19.9. The maximum atomic E-state index is 13.6. The molecule has 172 valence electrons. The second kappa shape index (κ2) is 9.32. The smallest absolute Gasteiger partial charge is 0.280 e. The summed E-state index contributed by atoms with van der Waals surface area (Å²) in [4.78, 5) is 33.9. The Balaban J connectivity index is 2.10. The minimum Gasteiger partial charge on any atom is -0.338 e. The molecule has 1 saturated heterocycles. The van der Waals surface area contributed by atoms with Crippen molar-refractivity contribution in [2.45, 2.75) is 34.2 Å². The van der Waals surface area contributed by atoms with Crippen molar-refractivity contribution < 1.29 is 4.79 Å². The van der Waals surface area contributed by atoms with Gasteiger partial charge >= 0.3 is 0 Å². The van der Waals surface area contributed by atoms with E-state index in [4.69, 9.17) is 12.2 Å². The summed E-state index contributed by atoms with van der Waals surface area (Å²) in [5, 5.41) is 1.33. The van der Waals surface area contributed by atoms with E-state index in [9.17, 15) is 9.59 Å². The fraction of sp³-hybridized carbons (Fsp3) is 0.292. The Morgan fingerprint density at radius 2 is 1.73 bits per heavy atom. The first-order valence-corrected chi connectivity index (χ1v) is 12.8. The average Bonchev–Trinajstić information content (AvgIpc) is 3.37. The first kappa shape index (κ1) is 23.5. The minimum atomic E-state index is -0.195. The molecule has 0 unspecified atom stereocenters. The highest BCUT2D eigenvalue weighted by molar-refractivity contribution is 8.11. The molecule has 0 saturated carbocycles. The predicted octanol–water partition coefficient (Wildman–Crippen LogP) is 3.24. The van der Waals surface area contributed by atoms with E-state index in [0.29, 0.717) is 33.1 Å². The molecular formula is C24H26N4O2S3. The van der Waals surface area contributed by atoms with E-state index in [1.54, 1.807) is 32.2 Å². The van der Waals surface area contributed by atoms with Gasteiger partial charge in [0.15, 0.2) is 5.11 Å². The topological polar surface area (TPSA) is 48.8 Å². The van der Waals surface area contributed by atoms with Crippen molar-refractivity contribution in [3.8, 4) is 0 Å². The summed E-state index contributed by atoms with van der Waals surface area (Å²) in [6.45, 7) is 13.5. The number of anilines is 1. The van der Waals surface area contributed by atoms with Crippen LogP contribution in [-0.2, 0) is 11.3 Å². The maximum absolute atomic E-state index is 13.6. The molecule has 0 spiro atoms. The van der Waals surface area contributed by atoms with Crippen molar-refractivity contribution in [3.05, 3.63) is 73.1 Å². The monoisotopic (exact) mass is 498 g/mol. The van der Waals surface area contributed by atoms with Gasteiger partial charge in [0.25, 0.3) is 11.5 Å². The number of aromatic nitrogens is 1. The van der Waals surface area contributed by atoms with Crippen LogP contribution < -0.4 is 19.7 Å². The number of rotatable bonds is 5. The molecule has 4 rings (SSSR count). The average molecular weight is 499 g/mol. The molecule has 33 heavy (non-hydrogen) atoms. The van der Waals surface area contributed by atoms with Crippen molar-refractivity contribution in [3.63, 3.8) is 0 Å². The highest BCUT2D eigenvalue weighted by Crippen LogP contribution is 2.40. The number of allylic oxidation sites excluding steroid dienone is 3. The lowest BCUT2D eigenvalue weighted by atomic mass is 10.3. The predicted molar refractivity (Wildman–Crippen MR) is 142 cm³/mol. The van der Waals surface area contributed by atoms with Gasteiger partial charge in [0, 0.05) is 35.9 Å². The standard InChI is InChI=1S/C24H26N4O2S3/c1-6-14-27-21(30)19(23-25(7-2)15(4)16(5)32-23)33-22(27)18-20(29)26(8-3)24(31)28(18)17-12-10-9-11-13-17/h6,9-13H,1,7-8,14H2,2-5H3/b22-18-,23-19-. The number of benzene rings is 1. The molecular weight excluding hydrogens is 472 g/mol. The van der Waals surface area contributed by atoms with Gasteiger partial charge in [-0.25, -0.2) is 0 Å². The first-order chi connectivity index (χ1) is 15.8. The molecule has 2 aromatic rings. The Labute approximate surface area is 206 Å². The summed E-state index contributed by atoms with van der Waals surface area (Å²) < 4.78 is 2.86. The molecule has 1 amide bonds. The molecule has 0 atom stereocenters. The summed E-state index contributed by atoms with van der Waals surface area (Å²) in [7, 11) is 0. The van der Waals surface area contributed by atoms with Crippen LogP contribution in [0.4, 0.5) is 5.69 Å². The van der Waals surface area contributed by atoms with Gasteiger partial charge in [0.05, 0.1) is 0 Å². The van der Waals surface area contributed by atoms with E-state index in [-0.39, 0.29) is 11.5 Å². The number of hydrogen-bond acceptors (Lipinski definition) is 6. The highest BCUT2D eigenvalue weighted by Gasteiger charge is 2.40. The zero-order valence-corrected chi connectivity index (χ0v) is 21.6. The van der Waals surface area contributed by atoms with E-state index < -0.39 is 0 Å². The van der Waals surface area contributed by atoms with Crippen LogP contribution in [0.3, 0.4) is 0 Å². The Hall–Kier alpha value is -2.62. The van der Waals surface area contributed by atoms with Gasteiger partial charge in [-0.1, -0.05) is 36.0 Å². The minimum absolute atomic E-state index is 0.118. The van der Waals surface area contributed by atoms with Crippen molar-refractivity contribution in [2.75, 3.05) is 18.0 Å². The van der Waals surface area contributed by atoms with Gasteiger partial charge in [-0.3, -0.25) is 24.0 Å². The van der Waals surface area contributed by atoms with Crippen LogP contribution in [0.5, 0.6) is 0 Å². The zero-order valence-electron chi connectivity index (χ0n) is 19.1. The number of carbonyl (C=O) groups is 1. The lowest BCUT2D eigenvalue weighted by molar-refractivity contribution is -0.120. The second-order valence-electron chi connectivity index (χ2n) is 7.59. The highest BCUT2D eigenvalue weighted by atomic mass is 32.2. The zero-order chi connectivity index (χ0) is 23.9. The van der Waals surface area contributed by atoms with E-state index in [0.717, 1.165) is 23.0 Å². The van der Waals surface area contributed by atoms with E-state index in [1.807, 2.05) is 37.3 Å². The molecule has 1 aromatic carbocycles. The number of thiocarbonyl (C=S) groups is 1. The third-order valence-electron chi connectivity index (χ3n) is 5.74. The number of thioether (sulfide) groups is 1.